The summed E-state index contributed by atoms with van der Waals surface area (Å²) in [5.74, 6) is -0.925. The Kier molecular flexibility index (Phi) is 3.98. The number of allylic oxidation sites excluding steroid dienone is 4. The van der Waals surface area contributed by atoms with Gasteiger partial charge in [0.05, 0.1) is 5.03 Å². The molecule has 0 heterocycles. The van der Waals surface area contributed by atoms with Crippen LogP contribution in [-0.2, 0) is 4.79 Å². The van der Waals surface area contributed by atoms with E-state index in [-0.39, 0.29) is 5.92 Å². The van der Waals surface area contributed by atoms with E-state index in [9.17, 15) is 4.79 Å². The van der Waals surface area contributed by atoms with Crippen LogP contribution in [0.3, 0.4) is 0 Å². The zero-order valence-corrected chi connectivity index (χ0v) is 8.92. The van der Waals surface area contributed by atoms with Gasteiger partial charge in [0.15, 0.2) is 0 Å². The molecule has 0 aliphatic heterocycles. The van der Waals surface area contributed by atoms with E-state index >= 15 is 0 Å². The fourth-order valence-electron chi connectivity index (χ4n) is 1.30. The van der Waals surface area contributed by atoms with Crippen LogP contribution in [0.25, 0.3) is 0 Å². The minimum Gasteiger partial charge on any atom is -0.480 e. The molecule has 14 heavy (non-hydrogen) atoms. The fourth-order valence-corrected chi connectivity index (χ4v) is 1.71. The lowest BCUT2D eigenvalue weighted by atomic mass is 9.93. The molecule has 0 aromatic carbocycles. The second kappa shape index (κ2) is 4.82. The monoisotopic (exact) mass is 235 g/mol. The Morgan fingerprint density at radius 2 is 2.36 bits per heavy atom. The van der Waals surface area contributed by atoms with Gasteiger partial charge in [0.25, 0.3) is 0 Å². The van der Waals surface area contributed by atoms with Crippen molar-refractivity contribution in [2.75, 3.05) is 0 Å². The molecule has 0 amide bonds. The lowest BCUT2D eigenvalue weighted by Crippen LogP contribution is -2.32. The van der Waals surface area contributed by atoms with E-state index in [2.05, 4.69) is 0 Å². The molecule has 0 saturated heterocycles. The first kappa shape index (κ1) is 11.6. The predicted molar refractivity (Wildman–Crippen MR) is 56.2 cm³/mol. The normalized spacial score (nSPS) is 23.8. The highest BCUT2D eigenvalue weighted by molar-refractivity contribution is 6.40. The van der Waals surface area contributed by atoms with Gasteiger partial charge in [0.1, 0.15) is 6.04 Å². The van der Waals surface area contributed by atoms with E-state index in [0.29, 0.717) is 22.9 Å². The quantitative estimate of drug-likeness (QED) is 0.788. The Labute approximate surface area is 92.2 Å². The summed E-state index contributed by atoms with van der Waals surface area (Å²) in [5, 5.41) is 9.70. The standard InChI is InChI=1S/C9H11Cl2NO2/c10-6-2-1-5(3-7(6)11)4-8(12)9(13)14/h1-2,5,8H,3-4,12H2,(H,13,14). The molecule has 3 nitrogen and oxygen atoms in total. The summed E-state index contributed by atoms with van der Waals surface area (Å²) in [6, 6.07) is -0.842. The van der Waals surface area contributed by atoms with Gasteiger partial charge in [0.2, 0.25) is 0 Å². The SMILES string of the molecule is NC(CC1C=CC(Cl)=C(Cl)C1)C(=O)O. The van der Waals surface area contributed by atoms with Crippen LogP contribution in [0.15, 0.2) is 22.2 Å². The lowest BCUT2D eigenvalue weighted by molar-refractivity contribution is -0.138. The summed E-state index contributed by atoms with van der Waals surface area (Å²) in [4.78, 5) is 10.5. The molecule has 78 valence electrons. The molecule has 3 N–H and O–H groups in total. The molecule has 0 bridgehead atoms. The zero-order chi connectivity index (χ0) is 10.7. The first-order valence-electron chi connectivity index (χ1n) is 4.21. The molecule has 0 aromatic heterocycles. The van der Waals surface area contributed by atoms with Crippen molar-refractivity contribution in [2.24, 2.45) is 11.7 Å². The number of carboxylic acid groups (broad SMARTS) is 1. The van der Waals surface area contributed by atoms with Gasteiger partial charge in [-0.3, -0.25) is 4.79 Å². The molecule has 0 fully saturated rings. The van der Waals surface area contributed by atoms with Crippen molar-refractivity contribution in [3.8, 4) is 0 Å². The minimum atomic E-state index is -0.991. The van der Waals surface area contributed by atoms with Crippen molar-refractivity contribution in [1.29, 1.82) is 0 Å². The van der Waals surface area contributed by atoms with Gasteiger partial charge in [-0.2, -0.15) is 0 Å². The molecular formula is C9H11Cl2NO2. The van der Waals surface area contributed by atoms with E-state index in [1.54, 1.807) is 6.08 Å². The van der Waals surface area contributed by atoms with E-state index in [0.717, 1.165) is 0 Å². The molecule has 1 rings (SSSR count). The Morgan fingerprint density at radius 1 is 1.71 bits per heavy atom. The van der Waals surface area contributed by atoms with Crippen LogP contribution >= 0.6 is 23.2 Å². The van der Waals surface area contributed by atoms with Gasteiger partial charge in [-0.15, -0.1) is 0 Å². The van der Waals surface area contributed by atoms with E-state index in [1.165, 1.54) is 0 Å². The summed E-state index contributed by atoms with van der Waals surface area (Å²) < 4.78 is 0. The number of halogens is 2. The molecular weight excluding hydrogens is 225 g/mol. The highest BCUT2D eigenvalue weighted by Crippen LogP contribution is 2.30. The molecule has 1 aliphatic rings. The van der Waals surface area contributed by atoms with Gasteiger partial charge >= 0.3 is 5.97 Å². The lowest BCUT2D eigenvalue weighted by Gasteiger charge is -2.18. The summed E-state index contributed by atoms with van der Waals surface area (Å²) in [5.41, 5.74) is 5.40. The van der Waals surface area contributed by atoms with Crippen LogP contribution in [0.2, 0.25) is 0 Å². The maximum absolute atomic E-state index is 10.5. The van der Waals surface area contributed by atoms with E-state index in [4.69, 9.17) is 34.0 Å². The van der Waals surface area contributed by atoms with Crippen molar-refractivity contribution in [3.05, 3.63) is 22.2 Å². The van der Waals surface area contributed by atoms with E-state index < -0.39 is 12.0 Å². The van der Waals surface area contributed by atoms with Crippen LogP contribution in [0.1, 0.15) is 12.8 Å². The zero-order valence-electron chi connectivity index (χ0n) is 7.41. The third-order valence-electron chi connectivity index (χ3n) is 2.09. The van der Waals surface area contributed by atoms with Crippen LogP contribution in [-0.4, -0.2) is 17.1 Å². The van der Waals surface area contributed by atoms with Crippen molar-refractivity contribution >= 4 is 29.2 Å². The first-order valence-corrected chi connectivity index (χ1v) is 4.97. The van der Waals surface area contributed by atoms with Crippen LogP contribution < -0.4 is 5.73 Å². The van der Waals surface area contributed by atoms with Gasteiger partial charge in [0, 0.05) is 5.03 Å². The average molecular weight is 236 g/mol. The highest BCUT2D eigenvalue weighted by Gasteiger charge is 2.20. The summed E-state index contributed by atoms with van der Waals surface area (Å²) in [6.45, 7) is 0. The third kappa shape index (κ3) is 3.01. The first-order chi connectivity index (χ1) is 6.50. The second-order valence-corrected chi connectivity index (χ2v) is 4.12. The topological polar surface area (TPSA) is 63.3 Å². The molecule has 0 saturated carbocycles. The molecule has 1 aliphatic carbocycles. The van der Waals surface area contributed by atoms with Crippen molar-refractivity contribution in [2.45, 2.75) is 18.9 Å². The van der Waals surface area contributed by atoms with Gasteiger partial charge in [-0.25, -0.2) is 0 Å². The molecule has 0 spiro atoms. The van der Waals surface area contributed by atoms with Crippen LogP contribution in [0.4, 0.5) is 0 Å². The number of aliphatic carboxylic acids is 1. The molecule has 2 atom stereocenters. The maximum Gasteiger partial charge on any atom is 0.320 e. The number of hydrogen-bond donors (Lipinski definition) is 2. The minimum absolute atomic E-state index is 0.0658. The second-order valence-electron chi connectivity index (χ2n) is 3.26. The number of rotatable bonds is 3. The maximum atomic E-state index is 10.5. The van der Waals surface area contributed by atoms with Crippen molar-refractivity contribution < 1.29 is 9.90 Å². The van der Waals surface area contributed by atoms with Crippen molar-refractivity contribution in [3.63, 3.8) is 0 Å². The summed E-state index contributed by atoms with van der Waals surface area (Å²) in [6.07, 6.45) is 4.48. The number of hydrogen-bond acceptors (Lipinski definition) is 2. The number of carboxylic acids is 1. The predicted octanol–water partition coefficient (Wildman–Crippen LogP) is 2.05. The molecule has 5 heteroatoms. The number of nitrogens with two attached hydrogens (primary N) is 1. The largest absolute Gasteiger partial charge is 0.480 e. The van der Waals surface area contributed by atoms with Crippen LogP contribution in [0.5, 0.6) is 0 Å². The highest BCUT2D eigenvalue weighted by atomic mass is 35.5. The number of carbonyl (C=O) groups is 1. The van der Waals surface area contributed by atoms with Gasteiger partial charge in [-0.1, -0.05) is 29.3 Å². The molecule has 0 aromatic rings. The average Bonchev–Trinajstić information content (AvgIpc) is 2.11. The van der Waals surface area contributed by atoms with Gasteiger partial charge < -0.3 is 10.8 Å². The summed E-state index contributed by atoms with van der Waals surface area (Å²) >= 11 is 11.6. The Balaban J connectivity index is 2.52. The Bertz CT molecular complexity index is 299. The molecule has 2 unspecified atom stereocenters. The third-order valence-corrected chi connectivity index (χ3v) is 2.90. The Morgan fingerprint density at radius 3 is 2.86 bits per heavy atom. The van der Waals surface area contributed by atoms with Crippen molar-refractivity contribution in [1.82, 2.24) is 0 Å². The fraction of sp³-hybridized carbons (Fsp3) is 0.444. The van der Waals surface area contributed by atoms with Gasteiger partial charge in [-0.05, 0) is 24.8 Å². The van der Waals surface area contributed by atoms with E-state index in [1.807, 2.05) is 6.08 Å². The van der Waals surface area contributed by atoms with Crippen LogP contribution in [0, 0.1) is 5.92 Å². The smallest absolute Gasteiger partial charge is 0.320 e. The molecule has 0 radical (unpaired) electrons. The Hall–Kier alpha value is -0.510. The summed E-state index contributed by atoms with van der Waals surface area (Å²) in [7, 11) is 0.